The van der Waals surface area contributed by atoms with E-state index >= 15 is 4.39 Å². The SMILES string of the molecule is COCCn1c(Cc2ccc(-c3cc(C#Cc4ccccc4)cc(OCc4ccc(C#N)cc4F)n3)cc2F)nc2ccc(C(=O)OC)cc21. The van der Waals surface area contributed by atoms with Gasteiger partial charge in [0.25, 0.3) is 0 Å². The number of pyridine rings is 1. The molecule has 0 unspecified atom stereocenters. The topological polar surface area (TPSA) is 99.3 Å². The second kappa shape index (κ2) is 15.2. The summed E-state index contributed by atoms with van der Waals surface area (Å²) >= 11 is 0. The highest BCUT2D eigenvalue weighted by atomic mass is 19.1. The highest BCUT2D eigenvalue weighted by Gasteiger charge is 2.17. The number of ether oxygens (including phenoxy) is 3. The fraction of sp³-hybridized carbons (Fsp3) is 0.150. The molecule has 0 N–H and O–H groups in total. The lowest BCUT2D eigenvalue weighted by Gasteiger charge is -2.12. The molecule has 0 aliphatic carbocycles. The van der Waals surface area contributed by atoms with Crippen LogP contribution in [0.2, 0.25) is 0 Å². The summed E-state index contributed by atoms with van der Waals surface area (Å²) in [6.45, 7) is 0.695. The number of imidazole rings is 1. The smallest absolute Gasteiger partial charge is 0.337 e. The van der Waals surface area contributed by atoms with E-state index in [4.69, 9.17) is 24.5 Å². The molecule has 2 heterocycles. The first-order chi connectivity index (χ1) is 24.3. The van der Waals surface area contributed by atoms with E-state index in [2.05, 4.69) is 16.8 Å². The standard InChI is InChI=1S/C40H30F2N4O4/c1-48-17-16-46-37-22-31(40(47)49-2)14-15-35(37)44-38(46)23-29-12-13-30(21-34(29)42)36-19-27(9-8-26-6-4-3-5-7-26)20-39(45-36)50-25-32-11-10-28(24-43)18-33(32)41/h3-7,10-15,18-22H,16-17,23,25H2,1-2H3. The molecule has 6 rings (SSSR count). The van der Waals surface area contributed by atoms with Crippen molar-refractivity contribution in [3.8, 4) is 35.0 Å². The highest BCUT2D eigenvalue weighted by molar-refractivity contribution is 5.93. The van der Waals surface area contributed by atoms with Gasteiger partial charge < -0.3 is 18.8 Å². The van der Waals surface area contributed by atoms with Crippen LogP contribution in [0.1, 0.15) is 44.0 Å². The molecule has 6 aromatic rings. The Hall–Kier alpha value is -6.36. The minimum atomic E-state index is -0.568. The summed E-state index contributed by atoms with van der Waals surface area (Å²) in [4.78, 5) is 21.5. The van der Waals surface area contributed by atoms with Crippen LogP contribution in [0.3, 0.4) is 0 Å². The van der Waals surface area contributed by atoms with Crippen molar-refractivity contribution in [2.75, 3.05) is 20.8 Å². The van der Waals surface area contributed by atoms with Crippen LogP contribution >= 0.6 is 0 Å². The normalized spacial score (nSPS) is 10.7. The quantitative estimate of drug-likeness (QED) is 0.112. The van der Waals surface area contributed by atoms with Crippen LogP contribution in [-0.4, -0.2) is 41.3 Å². The molecule has 0 aliphatic rings. The number of nitriles is 1. The molecular formula is C40H30F2N4O4. The number of methoxy groups -OCH3 is 2. The number of carbonyl (C=O) groups is 1. The third kappa shape index (κ3) is 7.68. The van der Waals surface area contributed by atoms with Crippen LogP contribution < -0.4 is 4.74 Å². The summed E-state index contributed by atoms with van der Waals surface area (Å²) < 4.78 is 48.4. The van der Waals surface area contributed by atoms with E-state index in [1.807, 2.05) is 41.0 Å². The van der Waals surface area contributed by atoms with E-state index in [9.17, 15) is 9.18 Å². The largest absolute Gasteiger partial charge is 0.473 e. The summed E-state index contributed by atoms with van der Waals surface area (Å²) in [6, 6.07) is 28.8. The van der Waals surface area contributed by atoms with Crippen molar-refractivity contribution in [3.05, 3.63) is 148 Å². The van der Waals surface area contributed by atoms with E-state index in [0.717, 1.165) is 11.6 Å². The third-order valence-corrected chi connectivity index (χ3v) is 7.95. The predicted octanol–water partition coefficient (Wildman–Crippen LogP) is 7.25. The Morgan fingerprint density at radius 2 is 1.60 bits per heavy atom. The van der Waals surface area contributed by atoms with Crippen LogP contribution in [0, 0.1) is 34.8 Å². The van der Waals surface area contributed by atoms with Crippen molar-refractivity contribution in [2.24, 2.45) is 0 Å². The molecule has 4 aromatic carbocycles. The van der Waals surface area contributed by atoms with Gasteiger partial charge in [-0.2, -0.15) is 5.26 Å². The Morgan fingerprint density at radius 3 is 2.34 bits per heavy atom. The molecule has 0 radical (unpaired) electrons. The molecule has 50 heavy (non-hydrogen) atoms. The van der Waals surface area contributed by atoms with Crippen LogP contribution in [0.4, 0.5) is 8.78 Å². The number of carbonyl (C=O) groups excluding carboxylic acids is 1. The summed E-state index contributed by atoms with van der Waals surface area (Å²) in [5.41, 5.74) is 4.88. The van der Waals surface area contributed by atoms with Gasteiger partial charge in [0, 0.05) is 48.4 Å². The number of halogens is 2. The number of esters is 1. The van der Waals surface area contributed by atoms with Crippen LogP contribution in [0.15, 0.2) is 97.1 Å². The van der Waals surface area contributed by atoms with Gasteiger partial charge in [-0.1, -0.05) is 48.2 Å². The minimum absolute atomic E-state index is 0.141. The summed E-state index contributed by atoms with van der Waals surface area (Å²) in [5, 5.41) is 9.06. The molecule has 0 atom stereocenters. The molecular weight excluding hydrogens is 638 g/mol. The molecule has 0 saturated carbocycles. The Balaban J connectivity index is 1.32. The molecule has 0 saturated heterocycles. The maximum atomic E-state index is 15.8. The maximum Gasteiger partial charge on any atom is 0.337 e. The monoisotopic (exact) mass is 668 g/mol. The van der Waals surface area contributed by atoms with Gasteiger partial charge >= 0.3 is 5.97 Å². The minimum Gasteiger partial charge on any atom is -0.473 e. The second-order valence-corrected chi connectivity index (χ2v) is 11.3. The zero-order valence-corrected chi connectivity index (χ0v) is 27.2. The van der Waals surface area contributed by atoms with Crippen LogP contribution in [0.5, 0.6) is 5.88 Å². The lowest BCUT2D eigenvalue weighted by molar-refractivity contribution is 0.0601. The van der Waals surface area contributed by atoms with E-state index in [1.54, 1.807) is 49.6 Å². The number of rotatable bonds is 10. The number of fused-ring (bicyclic) bond motifs is 1. The fourth-order valence-electron chi connectivity index (χ4n) is 5.36. The number of hydrogen-bond acceptors (Lipinski definition) is 7. The summed E-state index contributed by atoms with van der Waals surface area (Å²) in [7, 11) is 2.91. The Kier molecular flexibility index (Phi) is 10.2. The van der Waals surface area contributed by atoms with Crippen molar-refractivity contribution in [1.29, 1.82) is 5.26 Å². The molecule has 0 aliphatic heterocycles. The second-order valence-electron chi connectivity index (χ2n) is 11.3. The van der Waals surface area contributed by atoms with Gasteiger partial charge in [0.15, 0.2) is 0 Å². The van der Waals surface area contributed by atoms with Gasteiger partial charge in [-0.05, 0) is 60.2 Å². The van der Waals surface area contributed by atoms with E-state index in [-0.39, 0.29) is 30.0 Å². The van der Waals surface area contributed by atoms with Gasteiger partial charge in [-0.25, -0.2) is 23.5 Å². The molecule has 0 fully saturated rings. The van der Waals surface area contributed by atoms with Gasteiger partial charge in [0.1, 0.15) is 24.1 Å². The fourth-order valence-corrected chi connectivity index (χ4v) is 5.36. The van der Waals surface area contributed by atoms with Crippen molar-refractivity contribution >= 4 is 17.0 Å². The van der Waals surface area contributed by atoms with Gasteiger partial charge in [0.2, 0.25) is 5.88 Å². The molecule has 0 bridgehead atoms. The average molecular weight is 669 g/mol. The molecule has 248 valence electrons. The average Bonchev–Trinajstić information content (AvgIpc) is 3.49. The van der Waals surface area contributed by atoms with Gasteiger partial charge in [0.05, 0.1) is 47.6 Å². The third-order valence-electron chi connectivity index (χ3n) is 7.95. The van der Waals surface area contributed by atoms with E-state index in [0.29, 0.717) is 58.0 Å². The molecule has 10 heteroatoms. The molecule has 0 spiro atoms. The lowest BCUT2D eigenvalue weighted by atomic mass is 10.0. The maximum absolute atomic E-state index is 15.8. The first kappa shape index (κ1) is 33.5. The molecule has 8 nitrogen and oxygen atoms in total. The first-order valence-corrected chi connectivity index (χ1v) is 15.6. The summed E-state index contributed by atoms with van der Waals surface area (Å²) in [6.07, 6.45) is 0.179. The van der Waals surface area contributed by atoms with Crippen molar-refractivity contribution in [3.63, 3.8) is 0 Å². The molecule has 2 aromatic heterocycles. The van der Waals surface area contributed by atoms with Crippen molar-refractivity contribution in [2.45, 2.75) is 19.6 Å². The summed E-state index contributed by atoms with van der Waals surface area (Å²) in [5.74, 6) is 5.51. The van der Waals surface area contributed by atoms with Crippen LogP contribution in [-0.2, 0) is 29.0 Å². The molecule has 0 amide bonds. The number of aromatic nitrogens is 3. The Morgan fingerprint density at radius 1 is 0.820 bits per heavy atom. The van der Waals surface area contributed by atoms with E-state index in [1.165, 1.54) is 25.3 Å². The zero-order chi connectivity index (χ0) is 35.0. The van der Waals surface area contributed by atoms with Crippen LogP contribution in [0.25, 0.3) is 22.3 Å². The highest BCUT2D eigenvalue weighted by Crippen LogP contribution is 2.27. The number of nitrogens with zero attached hydrogens (tertiary/aromatic N) is 4. The van der Waals surface area contributed by atoms with Gasteiger partial charge in [-0.3, -0.25) is 0 Å². The van der Waals surface area contributed by atoms with Crippen molar-refractivity contribution < 1.29 is 27.8 Å². The lowest BCUT2D eigenvalue weighted by Crippen LogP contribution is -2.10. The number of hydrogen-bond donors (Lipinski definition) is 0. The Bertz CT molecular complexity index is 2300. The Labute approximate surface area is 287 Å². The predicted molar refractivity (Wildman–Crippen MR) is 183 cm³/mol. The number of benzene rings is 4. The first-order valence-electron chi connectivity index (χ1n) is 15.6. The van der Waals surface area contributed by atoms with Crippen molar-refractivity contribution in [1.82, 2.24) is 14.5 Å². The van der Waals surface area contributed by atoms with E-state index < -0.39 is 17.6 Å². The zero-order valence-electron chi connectivity index (χ0n) is 27.2. The van der Waals surface area contributed by atoms with Gasteiger partial charge in [-0.15, -0.1) is 0 Å².